The molecule has 0 aliphatic heterocycles. The molecule has 1 heterocycles. The molecular formula is C15H16F2N2O2. The van der Waals surface area contributed by atoms with E-state index in [0.717, 1.165) is 23.1 Å². The van der Waals surface area contributed by atoms with Gasteiger partial charge in [-0.1, -0.05) is 13.8 Å². The first-order valence-corrected chi connectivity index (χ1v) is 6.67. The van der Waals surface area contributed by atoms with Gasteiger partial charge >= 0.3 is 11.1 Å². The lowest BCUT2D eigenvalue weighted by atomic mass is 10.1. The Hall–Kier alpha value is -2.24. The van der Waals surface area contributed by atoms with Crippen molar-refractivity contribution in [2.75, 3.05) is 0 Å². The normalized spacial score (nSPS) is 11.1. The fourth-order valence-corrected chi connectivity index (χ4v) is 1.92. The van der Waals surface area contributed by atoms with Gasteiger partial charge in [0.25, 0.3) is 0 Å². The van der Waals surface area contributed by atoms with Gasteiger partial charge in [-0.15, -0.1) is 0 Å². The van der Waals surface area contributed by atoms with Crippen molar-refractivity contribution < 1.29 is 8.78 Å². The zero-order chi connectivity index (χ0) is 15.6. The summed E-state index contributed by atoms with van der Waals surface area (Å²) in [6.07, 6.45) is 3.64. The van der Waals surface area contributed by atoms with Gasteiger partial charge in [0.2, 0.25) is 0 Å². The van der Waals surface area contributed by atoms with E-state index in [0.29, 0.717) is 12.5 Å². The lowest BCUT2D eigenvalue weighted by Gasteiger charge is -2.10. The van der Waals surface area contributed by atoms with Crippen LogP contribution in [0.15, 0.2) is 40.2 Å². The highest BCUT2D eigenvalue weighted by atomic mass is 19.2. The van der Waals surface area contributed by atoms with Crippen LogP contribution in [0.4, 0.5) is 8.78 Å². The Morgan fingerprint density at radius 3 is 2.38 bits per heavy atom. The second-order valence-electron chi connectivity index (χ2n) is 5.25. The number of aromatic nitrogens is 2. The molecule has 0 bridgehead atoms. The maximum atomic E-state index is 13.2. The standard InChI is InChI=1S/C15H16F2N2O2/c1-10(2)5-6-18-7-8-19(15(21)14(18)20)11-3-4-12(16)13(17)9-11/h3-4,7-10H,5-6H2,1-2H3. The third kappa shape index (κ3) is 3.26. The Morgan fingerprint density at radius 2 is 1.76 bits per heavy atom. The Bertz CT molecular complexity index is 763. The SMILES string of the molecule is CC(C)CCn1ccn(-c2ccc(F)c(F)c2)c(=O)c1=O. The van der Waals surface area contributed by atoms with Gasteiger partial charge in [-0.05, 0) is 24.5 Å². The number of hydrogen-bond acceptors (Lipinski definition) is 2. The summed E-state index contributed by atoms with van der Waals surface area (Å²) in [4.78, 5) is 24.0. The molecule has 2 aromatic rings. The van der Waals surface area contributed by atoms with E-state index < -0.39 is 22.8 Å². The van der Waals surface area contributed by atoms with Gasteiger partial charge in [-0.3, -0.25) is 14.2 Å². The van der Waals surface area contributed by atoms with Crippen molar-refractivity contribution in [1.29, 1.82) is 0 Å². The Labute approximate surface area is 120 Å². The third-order valence-corrected chi connectivity index (χ3v) is 3.19. The largest absolute Gasteiger partial charge is 0.320 e. The van der Waals surface area contributed by atoms with Gasteiger partial charge in [0.05, 0.1) is 5.69 Å². The highest BCUT2D eigenvalue weighted by Crippen LogP contribution is 2.11. The van der Waals surface area contributed by atoms with Crippen LogP contribution in [-0.2, 0) is 6.54 Å². The van der Waals surface area contributed by atoms with Crippen LogP contribution in [0.1, 0.15) is 20.3 Å². The van der Waals surface area contributed by atoms with Crippen molar-refractivity contribution in [2.24, 2.45) is 5.92 Å². The summed E-state index contributed by atoms with van der Waals surface area (Å²) in [5.41, 5.74) is -1.35. The molecule has 21 heavy (non-hydrogen) atoms. The Balaban J connectivity index is 2.43. The molecule has 0 unspecified atom stereocenters. The minimum atomic E-state index is -1.07. The highest BCUT2D eigenvalue weighted by molar-refractivity contribution is 5.32. The van der Waals surface area contributed by atoms with Crippen LogP contribution in [0.25, 0.3) is 5.69 Å². The Morgan fingerprint density at radius 1 is 1.05 bits per heavy atom. The van der Waals surface area contributed by atoms with E-state index in [1.807, 2.05) is 13.8 Å². The number of benzene rings is 1. The molecule has 0 aliphatic rings. The van der Waals surface area contributed by atoms with Gasteiger partial charge in [0.15, 0.2) is 11.6 Å². The summed E-state index contributed by atoms with van der Waals surface area (Å²) in [7, 11) is 0. The maximum absolute atomic E-state index is 13.2. The highest BCUT2D eigenvalue weighted by Gasteiger charge is 2.09. The molecule has 0 N–H and O–H groups in total. The van der Waals surface area contributed by atoms with E-state index >= 15 is 0 Å². The predicted octanol–water partition coefficient (Wildman–Crippen LogP) is 2.32. The van der Waals surface area contributed by atoms with E-state index in [2.05, 4.69) is 0 Å². The minimum Gasteiger partial charge on any atom is -0.309 e. The molecule has 112 valence electrons. The monoisotopic (exact) mass is 294 g/mol. The fraction of sp³-hybridized carbons (Fsp3) is 0.333. The molecule has 2 rings (SSSR count). The lowest BCUT2D eigenvalue weighted by Crippen LogP contribution is -2.40. The second kappa shape index (κ2) is 6.03. The number of halogens is 2. The second-order valence-corrected chi connectivity index (χ2v) is 5.25. The van der Waals surface area contributed by atoms with Crippen LogP contribution < -0.4 is 11.1 Å². The van der Waals surface area contributed by atoms with Crippen LogP contribution in [0.5, 0.6) is 0 Å². The van der Waals surface area contributed by atoms with Crippen LogP contribution in [0.2, 0.25) is 0 Å². The third-order valence-electron chi connectivity index (χ3n) is 3.19. The quantitative estimate of drug-likeness (QED) is 0.812. The summed E-state index contributed by atoms with van der Waals surface area (Å²) in [5.74, 6) is -1.66. The first kappa shape index (κ1) is 15.2. The fourth-order valence-electron chi connectivity index (χ4n) is 1.92. The molecule has 0 saturated carbocycles. The van der Waals surface area contributed by atoms with Crippen LogP contribution in [0, 0.1) is 17.6 Å². The first-order valence-electron chi connectivity index (χ1n) is 6.67. The average Bonchev–Trinajstić information content (AvgIpc) is 2.43. The molecular weight excluding hydrogens is 278 g/mol. The first-order chi connectivity index (χ1) is 9.90. The molecule has 0 atom stereocenters. The van der Waals surface area contributed by atoms with Gasteiger partial charge in [0.1, 0.15) is 0 Å². The van der Waals surface area contributed by atoms with Crippen LogP contribution >= 0.6 is 0 Å². The molecule has 1 aromatic heterocycles. The zero-order valence-corrected chi connectivity index (χ0v) is 11.8. The van der Waals surface area contributed by atoms with E-state index in [1.54, 1.807) is 0 Å². The number of hydrogen-bond donors (Lipinski definition) is 0. The summed E-state index contributed by atoms with van der Waals surface area (Å²) in [6.45, 7) is 4.49. The molecule has 0 fully saturated rings. The minimum absolute atomic E-state index is 0.118. The van der Waals surface area contributed by atoms with Crippen molar-refractivity contribution in [3.8, 4) is 5.69 Å². The van der Waals surface area contributed by atoms with Crippen molar-refractivity contribution in [3.63, 3.8) is 0 Å². The van der Waals surface area contributed by atoms with Gasteiger partial charge in [-0.25, -0.2) is 8.78 Å². The predicted molar refractivity (Wildman–Crippen MR) is 75.7 cm³/mol. The van der Waals surface area contributed by atoms with Crippen molar-refractivity contribution in [2.45, 2.75) is 26.8 Å². The summed E-state index contributed by atoms with van der Waals surface area (Å²) < 4.78 is 28.5. The average molecular weight is 294 g/mol. The van der Waals surface area contributed by atoms with Crippen molar-refractivity contribution >= 4 is 0 Å². The maximum Gasteiger partial charge on any atom is 0.320 e. The summed E-state index contributed by atoms with van der Waals surface area (Å²) in [5, 5.41) is 0. The number of aryl methyl sites for hydroxylation is 1. The lowest BCUT2D eigenvalue weighted by molar-refractivity contribution is 0.501. The molecule has 0 spiro atoms. The summed E-state index contributed by atoms with van der Waals surface area (Å²) >= 11 is 0. The van der Waals surface area contributed by atoms with E-state index in [4.69, 9.17) is 0 Å². The molecule has 0 saturated heterocycles. The smallest absolute Gasteiger partial charge is 0.309 e. The summed E-state index contributed by atoms with van der Waals surface area (Å²) in [6, 6.07) is 3.05. The number of nitrogens with zero attached hydrogens (tertiary/aromatic N) is 2. The van der Waals surface area contributed by atoms with Crippen molar-refractivity contribution in [1.82, 2.24) is 9.13 Å². The Kier molecular flexibility index (Phi) is 4.35. The van der Waals surface area contributed by atoms with Gasteiger partial charge in [0, 0.05) is 25.0 Å². The van der Waals surface area contributed by atoms with Crippen LogP contribution in [-0.4, -0.2) is 9.13 Å². The van der Waals surface area contributed by atoms with E-state index in [1.165, 1.54) is 23.0 Å². The molecule has 4 nitrogen and oxygen atoms in total. The molecule has 0 radical (unpaired) electrons. The van der Waals surface area contributed by atoms with Gasteiger partial charge < -0.3 is 4.57 Å². The van der Waals surface area contributed by atoms with Crippen molar-refractivity contribution in [3.05, 3.63) is 62.9 Å². The number of rotatable bonds is 4. The molecule has 0 aliphatic carbocycles. The van der Waals surface area contributed by atoms with Crippen LogP contribution in [0.3, 0.4) is 0 Å². The molecule has 6 heteroatoms. The van der Waals surface area contributed by atoms with E-state index in [-0.39, 0.29) is 5.69 Å². The zero-order valence-electron chi connectivity index (χ0n) is 11.8. The topological polar surface area (TPSA) is 44.0 Å². The molecule has 1 aromatic carbocycles. The van der Waals surface area contributed by atoms with E-state index in [9.17, 15) is 18.4 Å². The van der Waals surface area contributed by atoms with Gasteiger partial charge in [-0.2, -0.15) is 0 Å². The molecule has 0 amide bonds.